The Kier molecular flexibility index (Phi) is 8.57. The highest BCUT2D eigenvalue weighted by molar-refractivity contribution is 7.91. The fourth-order valence-corrected chi connectivity index (χ4v) is 8.90. The molecule has 216 valence electrons. The number of amides is 3. The summed E-state index contributed by atoms with van der Waals surface area (Å²) in [5.41, 5.74) is -6.71. The summed E-state index contributed by atoms with van der Waals surface area (Å²) in [4.78, 5) is 53.4. The van der Waals surface area contributed by atoms with Crippen LogP contribution in [0.15, 0.2) is 70.5 Å². The van der Waals surface area contributed by atoms with Gasteiger partial charge in [0.15, 0.2) is 0 Å². The Morgan fingerprint density at radius 3 is 1.62 bits per heavy atom. The molecule has 1 aliphatic heterocycles. The highest BCUT2D eigenvalue weighted by atomic mass is 32.2. The fraction of sp³-hybridized carbons (Fsp3) is 0.273. The van der Waals surface area contributed by atoms with Crippen molar-refractivity contribution < 1.29 is 59.1 Å². The van der Waals surface area contributed by atoms with Gasteiger partial charge in [0.1, 0.15) is 0 Å². The normalized spacial score (nSPS) is 18.9. The topological polar surface area (TPSA) is 197 Å². The van der Waals surface area contributed by atoms with Crippen LogP contribution >= 0.6 is 7.60 Å². The zero-order valence-electron chi connectivity index (χ0n) is 21.3. The summed E-state index contributed by atoms with van der Waals surface area (Å²) in [5.74, 6) is -5.80. The molecule has 1 unspecified atom stereocenters. The number of sulfonamides is 2. The Balaban J connectivity index is 2.57. The molecule has 1 aliphatic rings. The Bertz CT molecular complexity index is 1590. The standard InChI is InChI=1S/C22H23N2O13PS2/c1-34-18(25)17(38(29,36-3)37-4)22(20(27)35-2)19(26)23(39(30,31)15-11-7-5-8-12-15)21(28)24(22)40(32,33)16-13-9-6-10-14-16/h5-14,17H,1-4H3/t17?,22-/m1/s1. The number of hydrogen-bond donors (Lipinski definition) is 0. The third-order valence-corrected chi connectivity index (χ3v) is 11.6. The third kappa shape index (κ3) is 4.49. The van der Waals surface area contributed by atoms with Crippen LogP contribution in [0, 0.1) is 0 Å². The van der Waals surface area contributed by atoms with E-state index in [0.29, 0.717) is 7.11 Å². The number of nitrogens with zero attached hydrogens (tertiary/aromatic N) is 2. The number of carbonyl (C=O) groups is 4. The number of benzene rings is 2. The van der Waals surface area contributed by atoms with E-state index in [4.69, 9.17) is 9.05 Å². The fourth-order valence-electron chi connectivity index (χ4n) is 4.05. The Hall–Kier alpha value is -3.63. The first kappa shape index (κ1) is 30.9. The molecule has 0 radical (unpaired) electrons. The summed E-state index contributed by atoms with van der Waals surface area (Å²) in [7, 11) is -12.9. The molecule has 3 rings (SSSR count). The van der Waals surface area contributed by atoms with Crippen molar-refractivity contribution in [3.05, 3.63) is 60.7 Å². The second-order valence-corrected chi connectivity index (χ2v) is 13.7. The van der Waals surface area contributed by atoms with Crippen LogP contribution in [-0.2, 0) is 57.5 Å². The first-order valence-electron chi connectivity index (χ1n) is 10.9. The van der Waals surface area contributed by atoms with Gasteiger partial charge in [-0.15, -0.1) is 4.31 Å². The van der Waals surface area contributed by atoms with Crippen molar-refractivity contribution in [1.82, 2.24) is 8.61 Å². The van der Waals surface area contributed by atoms with Gasteiger partial charge in [-0.1, -0.05) is 36.4 Å². The van der Waals surface area contributed by atoms with Crippen molar-refractivity contribution >= 4 is 51.5 Å². The molecule has 2 aromatic carbocycles. The van der Waals surface area contributed by atoms with Crippen molar-refractivity contribution in [3.8, 4) is 0 Å². The maximum absolute atomic E-state index is 14.2. The van der Waals surface area contributed by atoms with Gasteiger partial charge in [-0.3, -0.25) is 14.2 Å². The van der Waals surface area contributed by atoms with E-state index >= 15 is 0 Å². The van der Waals surface area contributed by atoms with Crippen molar-refractivity contribution in [3.63, 3.8) is 0 Å². The number of esters is 2. The van der Waals surface area contributed by atoms with Gasteiger partial charge < -0.3 is 18.5 Å². The number of carbonyl (C=O) groups excluding carboxylic acids is 4. The molecule has 0 spiro atoms. The van der Waals surface area contributed by atoms with Gasteiger partial charge in [-0.2, -0.15) is 4.31 Å². The molecule has 0 bridgehead atoms. The average Bonchev–Trinajstić information content (AvgIpc) is 3.20. The van der Waals surface area contributed by atoms with Crippen LogP contribution < -0.4 is 0 Å². The molecular formula is C22H23N2O13PS2. The Morgan fingerprint density at radius 2 is 1.23 bits per heavy atom. The van der Waals surface area contributed by atoms with Crippen LogP contribution in [0.1, 0.15) is 0 Å². The van der Waals surface area contributed by atoms with Gasteiger partial charge in [0.2, 0.25) is 5.66 Å². The van der Waals surface area contributed by atoms with E-state index < -0.39 is 81.1 Å². The number of imide groups is 1. The smallest absolute Gasteiger partial charge is 0.356 e. The van der Waals surface area contributed by atoms with Crippen molar-refractivity contribution in [2.75, 3.05) is 28.4 Å². The van der Waals surface area contributed by atoms with Crippen LogP contribution in [-0.4, -0.2) is 89.0 Å². The maximum atomic E-state index is 14.2. The molecule has 18 heteroatoms. The predicted octanol–water partition coefficient (Wildman–Crippen LogP) is 0.968. The molecule has 0 aromatic heterocycles. The molecule has 1 fully saturated rings. The first-order chi connectivity index (χ1) is 18.7. The molecule has 1 heterocycles. The zero-order valence-corrected chi connectivity index (χ0v) is 23.8. The molecule has 0 N–H and O–H groups in total. The van der Waals surface area contributed by atoms with E-state index in [1.807, 2.05) is 0 Å². The molecule has 0 aliphatic carbocycles. The van der Waals surface area contributed by atoms with E-state index in [0.717, 1.165) is 45.6 Å². The highest BCUT2D eigenvalue weighted by Crippen LogP contribution is 2.59. The summed E-state index contributed by atoms with van der Waals surface area (Å²) in [5, 5.41) is 0. The van der Waals surface area contributed by atoms with Crippen LogP contribution in [0.5, 0.6) is 0 Å². The molecule has 15 nitrogen and oxygen atoms in total. The summed E-state index contributed by atoms with van der Waals surface area (Å²) in [6.07, 6.45) is 0. The molecule has 40 heavy (non-hydrogen) atoms. The quantitative estimate of drug-likeness (QED) is 0.158. The summed E-state index contributed by atoms with van der Waals surface area (Å²) < 4.78 is 86.8. The molecular weight excluding hydrogens is 595 g/mol. The van der Waals surface area contributed by atoms with Crippen LogP contribution in [0.4, 0.5) is 4.79 Å². The zero-order chi connectivity index (χ0) is 30.1. The summed E-state index contributed by atoms with van der Waals surface area (Å²) in [6.45, 7) is 0. The van der Waals surface area contributed by atoms with E-state index in [9.17, 15) is 40.6 Å². The maximum Gasteiger partial charge on any atom is 0.356 e. The van der Waals surface area contributed by atoms with Crippen LogP contribution in [0.25, 0.3) is 0 Å². The van der Waals surface area contributed by atoms with Gasteiger partial charge in [0, 0.05) is 14.2 Å². The van der Waals surface area contributed by atoms with Gasteiger partial charge in [0.25, 0.3) is 31.5 Å². The molecule has 1 saturated heterocycles. The first-order valence-corrected chi connectivity index (χ1v) is 15.4. The lowest BCUT2D eigenvalue weighted by molar-refractivity contribution is -0.161. The Morgan fingerprint density at radius 1 is 0.775 bits per heavy atom. The predicted molar refractivity (Wildman–Crippen MR) is 134 cm³/mol. The lowest BCUT2D eigenvalue weighted by Gasteiger charge is -2.37. The summed E-state index contributed by atoms with van der Waals surface area (Å²) >= 11 is 0. The minimum Gasteiger partial charge on any atom is -0.468 e. The van der Waals surface area contributed by atoms with Gasteiger partial charge >= 0.3 is 25.6 Å². The molecule has 0 saturated carbocycles. The number of ether oxygens (including phenoxy) is 2. The van der Waals surface area contributed by atoms with E-state index in [2.05, 4.69) is 9.47 Å². The number of rotatable bonds is 10. The van der Waals surface area contributed by atoms with Gasteiger partial charge in [-0.25, -0.2) is 26.4 Å². The minimum atomic E-state index is -5.41. The number of urea groups is 1. The monoisotopic (exact) mass is 618 g/mol. The minimum absolute atomic E-state index is 0.462. The third-order valence-electron chi connectivity index (χ3n) is 5.88. The van der Waals surface area contributed by atoms with Crippen LogP contribution in [0.2, 0.25) is 0 Å². The van der Waals surface area contributed by atoms with Crippen molar-refractivity contribution in [2.45, 2.75) is 21.0 Å². The molecule has 2 atom stereocenters. The van der Waals surface area contributed by atoms with E-state index in [1.54, 1.807) is 0 Å². The number of hydrogen-bond acceptors (Lipinski definition) is 13. The van der Waals surface area contributed by atoms with Gasteiger partial charge in [-0.05, 0) is 24.3 Å². The lowest BCUT2D eigenvalue weighted by Crippen LogP contribution is -2.67. The second-order valence-electron chi connectivity index (χ2n) is 7.84. The largest absolute Gasteiger partial charge is 0.468 e. The van der Waals surface area contributed by atoms with E-state index in [1.165, 1.54) is 36.4 Å². The highest BCUT2D eigenvalue weighted by Gasteiger charge is 2.79. The Labute approximate surface area is 229 Å². The second kappa shape index (κ2) is 11.1. The van der Waals surface area contributed by atoms with Crippen LogP contribution in [0.3, 0.4) is 0 Å². The SMILES string of the molecule is COC(=O)C([C@]1(C(=O)OC)C(=O)N(S(=O)(=O)c2ccccc2)C(=O)N1S(=O)(=O)c1ccccc1)P(=O)(OC)OC. The van der Waals surface area contributed by atoms with Crippen molar-refractivity contribution in [2.24, 2.45) is 0 Å². The summed E-state index contributed by atoms with van der Waals surface area (Å²) in [6, 6.07) is 9.53. The van der Waals surface area contributed by atoms with E-state index in [-0.39, 0.29) is 0 Å². The lowest BCUT2D eigenvalue weighted by atomic mass is 9.94. The average molecular weight is 619 g/mol. The van der Waals surface area contributed by atoms with Crippen molar-refractivity contribution in [1.29, 1.82) is 0 Å². The molecule has 3 amide bonds. The van der Waals surface area contributed by atoms with Gasteiger partial charge in [0.05, 0.1) is 24.0 Å². The number of methoxy groups -OCH3 is 2. The molecule has 2 aromatic rings.